The SMILES string of the molecule is Cc1ccc(C)c(COc2cccc(C(=O)N3CCOCC3)c2)c1. The summed E-state index contributed by atoms with van der Waals surface area (Å²) >= 11 is 0. The smallest absolute Gasteiger partial charge is 0.254 e. The van der Waals surface area contributed by atoms with Gasteiger partial charge in [0.05, 0.1) is 13.2 Å². The van der Waals surface area contributed by atoms with E-state index >= 15 is 0 Å². The molecule has 0 aliphatic carbocycles. The molecular formula is C20H23NO3. The van der Waals surface area contributed by atoms with E-state index in [4.69, 9.17) is 9.47 Å². The van der Waals surface area contributed by atoms with Crippen LogP contribution in [-0.2, 0) is 11.3 Å². The second-order valence-corrected chi connectivity index (χ2v) is 6.15. The predicted molar refractivity (Wildman–Crippen MR) is 93.4 cm³/mol. The van der Waals surface area contributed by atoms with Gasteiger partial charge >= 0.3 is 0 Å². The molecule has 2 aromatic rings. The van der Waals surface area contributed by atoms with Gasteiger partial charge in [-0.1, -0.05) is 29.8 Å². The summed E-state index contributed by atoms with van der Waals surface area (Å²) in [6.07, 6.45) is 0. The van der Waals surface area contributed by atoms with Crippen molar-refractivity contribution in [3.8, 4) is 5.75 Å². The summed E-state index contributed by atoms with van der Waals surface area (Å²) in [6.45, 7) is 7.16. The van der Waals surface area contributed by atoms with Crippen molar-refractivity contribution >= 4 is 5.91 Å². The normalized spacial score (nSPS) is 14.5. The van der Waals surface area contributed by atoms with E-state index in [0.29, 0.717) is 38.5 Å². The summed E-state index contributed by atoms with van der Waals surface area (Å²) in [6, 6.07) is 13.8. The fourth-order valence-corrected chi connectivity index (χ4v) is 2.78. The van der Waals surface area contributed by atoms with E-state index in [1.54, 1.807) is 0 Å². The lowest BCUT2D eigenvalue weighted by Gasteiger charge is -2.27. The standard InChI is InChI=1S/C20H23NO3/c1-15-6-7-16(2)18(12-15)14-24-19-5-3-4-17(13-19)20(22)21-8-10-23-11-9-21/h3-7,12-13H,8-11,14H2,1-2H3. The number of morpholine rings is 1. The van der Waals surface area contributed by atoms with Gasteiger partial charge in [-0.15, -0.1) is 0 Å². The molecule has 0 bridgehead atoms. The molecule has 4 heteroatoms. The summed E-state index contributed by atoms with van der Waals surface area (Å²) < 4.78 is 11.2. The fourth-order valence-electron chi connectivity index (χ4n) is 2.78. The summed E-state index contributed by atoms with van der Waals surface area (Å²) in [5.74, 6) is 0.755. The molecule has 1 amide bonds. The second-order valence-electron chi connectivity index (χ2n) is 6.15. The molecule has 0 spiro atoms. The van der Waals surface area contributed by atoms with E-state index in [2.05, 4.69) is 32.0 Å². The molecule has 0 atom stereocenters. The van der Waals surface area contributed by atoms with Crippen LogP contribution in [0.3, 0.4) is 0 Å². The Kier molecular flexibility index (Phi) is 5.16. The molecule has 0 aromatic heterocycles. The van der Waals surface area contributed by atoms with Crippen LogP contribution in [-0.4, -0.2) is 37.1 Å². The Labute approximate surface area is 143 Å². The van der Waals surface area contributed by atoms with Crippen LogP contribution in [0.5, 0.6) is 5.75 Å². The third-order valence-electron chi connectivity index (χ3n) is 4.28. The van der Waals surface area contributed by atoms with Gasteiger partial charge in [-0.2, -0.15) is 0 Å². The zero-order valence-electron chi connectivity index (χ0n) is 14.2. The maximum absolute atomic E-state index is 12.5. The molecule has 0 saturated carbocycles. The average molecular weight is 325 g/mol. The number of aryl methyl sites for hydroxylation is 2. The number of hydrogen-bond acceptors (Lipinski definition) is 3. The molecule has 1 aliphatic rings. The number of amides is 1. The van der Waals surface area contributed by atoms with E-state index < -0.39 is 0 Å². The van der Waals surface area contributed by atoms with E-state index in [0.717, 1.165) is 5.75 Å². The minimum atomic E-state index is 0.0375. The van der Waals surface area contributed by atoms with Crippen LogP contribution in [0.1, 0.15) is 27.0 Å². The zero-order chi connectivity index (χ0) is 16.9. The van der Waals surface area contributed by atoms with Crippen molar-refractivity contribution in [2.45, 2.75) is 20.5 Å². The maximum atomic E-state index is 12.5. The van der Waals surface area contributed by atoms with Crippen molar-refractivity contribution in [2.24, 2.45) is 0 Å². The van der Waals surface area contributed by atoms with Crippen molar-refractivity contribution < 1.29 is 14.3 Å². The van der Waals surface area contributed by atoms with Crippen LogP contribution >= 0.6 is 0 Å². The first-order chi connectivity index (χ1) is 11.6. The monoisotopic (exact) mass is 325 g/mol. The molecule has 3 rings (SSSR count). The van der Waals surface area contributed by atoms with Crippen molar-refractivity contribution in [1.82, 2.24) is 4.90 Å². The number of ether oxygens (including phenoxy) is 2. The number of hydrogen-bond donors (Lipinski definition) is 0. The molecular weight excluding hydrogens is 302 g/mol. The molecule has 24 heavy (non-hydrogen) atoms. The molecule has 1 fully saturated rings. The van der Waals surface area contributed by atoms with Crippen LogP contribution in [0, 0.1) is 13.8 Å². The topological polar surface area (TPSA) is 38.8 Å². The first-order valence-corrected chi connectivity index (χ1v) is 8.29. The first-order valence-electron chi connectivity index (χ1n) is 8.29. The van der Waals surface area contributed by atoms with Crippen molar-refractivity contribution in [1.29, 1.82) is 0 Å². The zero-order valence-corrected chi connectivity index (χ0v) is 14.2. The Bertz CT molecular complexity index is 721. The molecule has 1 aliphatic heterocycles. The Balaban J connectivity index is 1.68. The molecule has 0 N–H and O–H groups in total. The molecule has 4 nitrogen and oxygen atoms in total. The highest BCUT2D eigenvalue weighted by molar-refractivity contribution is 5.94. The lowest BCUT2D eigenvalue weighted by atomic mass is 10.1. The van der Waals surface area contributed by atoms with Gasteiger partial charge in [-0.25, -0.2) is 0 Å². The van der Waals surface area contributed by atoms with Crippen molar-refractivity contribution in [2.75, 3.05) is 26.3 Å². The predicted octanol–water partition coefficient (Wildman–Crippen LogP) is 3.35. The first kappa shape index (κ1) is 16.5. The lowest BCUT2D eigenvalue weighted by molar-refractivity contribution is 0.0302. The molecule has 126 valence electrons. The van der Waals surface area contributed by atoms with Gasteiger partial charge in [0.25, 0.3) is 5.91 Å². The highest BCUT2D eigenvalue weighted by Crippen LogP contribution is 2.19. The second kappa shape index (κ2) is 7.49. The summed E-state index contributed by atoms with van der Waals surface area (Å²) in [4.78, 5) is 14.4. The van der Waals surface area contributed by atoms with Crippen LogP contribution < -0.4 is 4.74 Å². The van der Waals surface area contributed by atoms with E-state index in [1.807, 2.05) is 29.2 Å². The highest BCUT2D eigenvalue weighted by Gasteiger charge is 2.18. The fraction of sp³-hybridized carbons (Fsp3) is 0.350. The van der Waals surface area contributed by atoms with Gasteiger partial charge in [0, 0.05) is 18.7 Å². The van der Waals surface area contributed by atoms with Crippen LogP contribution in [0.15, 0.2) is 42.5 Å². The van der Waals surface area contributed by atoms with E-state index in [-0.39, 0.29) is 5.91 Å². The number of rotatable bonds is 4. The maximum Gasteiger partial charge on any atom is 0.254 e. The van der Waals surface area contributed by atoms with Gasteiger partial charge in [-0.05, 0) is 43.2 Å². The molecule has 1 saturated heterocycles. The summed E-state index contributed by atoms with van der Waals surface area (Å²) in [5, 5.41) is 0. The third-order valence-corrected chi connectivity index (χ3v) is 4.28. The van der Waals surface area contributed by atoms with Crippen LogP contribution in [0.25, 0.3) is 0 Å². The summed E-state index contributed by atoms with van der Waals surface area (Å²) in [7, 11) is 0. The van der Waals surface area contributed by atoms with Crippen molar-refractivity contribution in [3.63, 3.8) is 0 Å². The number of benzene rings is 2. The Morgan fingerprint density at radius 1 is 1.12 bits per heavy atom. The van der Waals surface area contributed by atoms with Gasteiger partial charge in [0.1, 0.15) is 12.4 Å². The van der Waals surface area contributed by atoms with Gasteiger partial charge in [0.15, 0.2) is 0 Å². The highest BCUT2D eigenvalue weighted by atomic mass is 16.5. The van der Waals surface area contributed by atoms with Crippen LogP contribution in [0.2, 0.25) is 0 Å². The molecule has 0 unspecified atom stereocenters. The van der Waals surface area contributed by atoms with E-state index in [1.165, 1.54) is 16.7 Å². The largest absolute Gasteiger partial charge is 0.489 e. The number of carbonyl (C=O) groups excluding carboxylic acids is 1. The minimum Gasteiger partial charge on any atom is -0.489 e. The Hall–Kier alpha value is -2.33. The molecule has 2 aromatic carbocycles. The van der Waals surface area contributed by atoms with E-state index in [9.17, 15) is 4.79 Å². The minimum absolute atomic E-state index is 0.0375. The number of carbonyl (C=O) groups is 1. The Morgan fingerprint density at radius 3 is 2.71 bits per heavy atom. The molecule has 0 radical (unpaired) electrons. The average Bonchev–Trinajstić information content (AvgIpc) is 2.63. The quantitative estimate of drug-likeness (QED) is 0.865. The third kappa shape index (κ3) is 3.95. The van der Waals surface area contributed by atoms with Gasteiger partial charge < -0.3 is 14.4 Å². The van der Waals surface area contributed by atoms with Gasteiger partial charge in [0.2, 0.25) is 0 Å². The van der Waals surface area contributed by atoms with Crippen molar-refractivity contribution in [3.05, 3.63) is 64.7 Å². The Morgan fingerprint density at radius 2 is 1.92 bits per heavy atom. The lowest BCUT2D eigenvalue weighted by Crippen LogP contribution is -2.40. The van der Waals surface area contributed by atoms with Crippen LogP contribution in [0.4, 0.5) is 0 Å². The molecule has 1 heterocycles. The number of nitrogens with zero attached hydrogens (tertiary/aromatic N) is 1. The van der Waals surface area contributed by atoms with Gasteiger partial charge in [-0.3, -0.25) is 4.79 Å². The summed E-state index contributed by atoms with van der Waals surface area (Å²) in [5.41, 5.74) is 4.26.